The van der Waals surface area contributed by atoms with Crippen molar-refractivity contribution in [2.45, 2.75) is 20.0 Å². The lowest BCUT2D eigenvalue weighted by Crippen LogP contribution is -2.02. The number of aliphatic hydroxyl groups excluding tert-OH is 1. The van der Waals surface area contributed by atoms with Crippen LogP contribution in [0, 0.1) is 19.7 Å². The van der Waals surface area contributed by atoms with Crippen LogP contribution in [0.15, 0.2) is 34.8 Å². The summed E-state index contributed by atoms with van der Waals surface area (Å²) in [4.78, 5) is 0. The fraction of sp³-hybridized carbons (Fsp3) is 0.200. The smallest absolute Gasteiger partial charge is 0.129 e. The molecular weight excluding hydrogens is 331 g/mol. The maximum Gasteiger partial charge on any atom is 0.129 e. The van der Waals surface area contributed by atoms with Crippen molar-refractivity contribution in [3.8, 4) is 0 Å². The Morgan fingerprint density at radius 3 is 2.11 bits per heavy atom. The van der Waals surface area contributed by atoms with Crippen LogP contribution < -0.4 is 0 Å². The highest BCUT2D eigenvalue weighted by atomic mass is 79.9. The van der Waals surface area contributed by atoms with Gasteiger partial charge in [0.25, 0.3) is 0 Å². The molecule has 0 aromatic heterocycles. The van der Waals surface area contributed by atoms with Crippen LogP contribution in [-0.2, 0) is 0 Å². The van der Waals surface area contributed by atoms with Gasteiger partial charge >= 0.3 is 0 Å². The zero-order valence-electron chi connectivity index (χ0n) is 10.5. The quantitative estimate of drug-likeness (QED) is 0.819. The number of benzene rings is 2. The van der Waals surface area contributed by atoms with E-state index in [2.05, 4.69) is 15.9 Å². The zero-order chi connectivity index (χ0) is 14.2. The Kier molecular flexibility index (Phi) is 4.29. The molecule has 100 valence electrons. The van der Waals surface area contributed by atoms with Gasteiger partial charge in [0.1, 0.15) is 11.9 Å². The molecule has 0 spiro atoms. The van der Waals surface area contributed by atoms with Gasteiger partial charge in [0.2, 0.25) is 0 Å². The third-order valence-electron chi connectivity index (χ3n) is 2.98. The van der Waals surface area contributed by atoms with Crippen LogP contribution in [0.3, 0.4) is 0 Å². The summed E-state index contributed by atoms with van der Waals surface area (Å²) in [5.41, 5.74) is 2.38. The molecule has 4 heteroatoms. The largest absolute Gasteiger partial charge is 0.384 e. The topological polar surface area (TPSA) is 20.2 Å². The molecule has 0 aliphatic carbocycles. The number of halogens is 3. The van der Waals surface area contributed by atoms with Crippen molar-refractivity contribution in [3.05, 3.63) is 67.9 Å². The minimum atomic E-state index is -0.826. The summed E-state index contributed by atoms with van der Waals surface area (Å²) >= 11 is 9.31. The fourth-order valence-corrected chi connectivity index (χ4v) is 2.95. The molecule has 2 aromatic rings. The Hall–Kier alpha value is -0.900. The molecule has 0 saturated heterocycles. The highest BCUT2D eigenvalue weighted by Crippen LogP contribution is 2.29. The van der Waals surface area contributed by atoms with Crippen LogP contribution in [0.1, 0.15) is 28.4 Å². The molecule has 19 heavy (non-hydrogen) atoms. The summed E-state index contributed by atoms with van der Waals surface area (Å²) in [5, 5.41) is 10.9. The van der Waals surface area contributed by atoms with Crippen LogP contribution in [0.25, 0.3) is 0 Å². The Labute approximate surface area is 125 Å². The molecule has 0 bridgehead atoms. The van der Waals surface area contributed by atoms with Crippen LogP contribution >= 0.6 is 27.5 Å². The van der Waals surface area contributed by atoms with E-state index < -0.39 is 6.10 Å². The van der Waals surface area contributed by atoms with Crippen molar-refractivity contribution in [1.29, 1.82) is 0 Å². The second-order valence-corrected chi connectivity index (χ2v) is 5.93. The maximum atomic E-state index is 13.6. The van der Waals surface area contributed by atoms with Gasteiger partial charge < -0.3 is 5.11 Å². The fourth-order valence-electron chi connectivity index (χ4n) is 2.06. The molecule has 1 N–H and O–H groups in total. The van der Waals surface area contributed by atoms with Crippen molar-refractivity contribution in [3.63, 3.8) is 0 Å². The molecule has 0 radical (unpaired) electrons. The number of aliphatic hydroxyl groups is 1. The third kappa shape index (κ3) is 3.16. The van der Waals surface area contributed by atoms with E-state index in [4.69, 9.17) is 11.6 Å². The van der Waals surface area contributed by atoms with Gasteiger partial charge in [-0.1, -0.05) is 39.7 Å². The summed E-state index contributed by atoms with van der Waals surface area (Å²) in [7, 11) is 0. The molecule has 0 aliphatic heterocycles. The first kappa shape index (κ1) is 14.5. The summed E-state index contributed by atoms with van der Waals surface area (Å²) in [5.74, 6) is -0.233. The first-order chi connectivity index (χ1) is 8.88. The predicted molar refractivity (Wildman–Crippen MR) is 79.1 cm³/mol. The van der Waals surface area contributed by atoms with Gasteiger partial charge in [-0.3, -0.25) is 0 Å². The minimum absolute atomic E-state index is 0.233. The van der Waals surface area contributed by atoms with E-state index in [9.17, 15) is 9.50 Å². The standard InChI is InChI=1S/C15H13BrClFO/c1-8-3-10(4-9(2)14(8)18)15(19)11-5-12(16)7-13(17)6-11/h3-7,15,19H,1-2H3. The maximum absolute atomic E-state index is 13.6. The van der Waals surface area contributed by atoms with E-state index in [-0.39, 0.29) is 5.82 Å². The van der Waals surface area contributed by atoms with Crippen LogP contribution in [0.5, 0.6) is 0 Å². The molecule has 0 saturated carbocycles. The number of hydrogen-bond acceptors (Lipinski definition) is 1. The monoisotopic (exact) mass is 342 g/mol. The van der Waals surface area contributed by atoms with Gasteiger partial charge in [0, 0.05) is 9.50 Å². The molecule has 0 heterocycles. The summed E-state index contributed by atoms with van der Waals surface area (Å²) in [6.45, 7) is 3.37. The molecule has 0 fully saturated rings. The van der Waals surface area contributed by atoms with Crippen LogP contribution in [0.2, 0.25) is 5.02 Å². The van der Waals surface area contributed by atoms with Crippen molar-refractivity contribution in [2.24, 2.45) is 0 Å². The molecule has 2 rings (SSSR count). The molecule has 1 nitrogen and oxygen atoms in total. The van der Waals surface area contributed by atoms with Crippen LogP contribution in [-0.4, -0.2) is 5.11 Å². The SMILES string of the molecule is Cc1cc(C(O)c2cc(Cl)cc(Br)c2)cc(C)c1F. The van der Waals surface area contributed by atoms with E-state index in [1.807, 2.05) is 0 Å². The molecule has 0 aliphatic rings. The Morgan fingerprint density at radius 2 is 1.58 bits per heavy atom. The van der Waals surface area contributed by atoms with Crippen molar-refractivity contribution in [1.82, 2.24) is 0 Å². The average molecular weight is 344 g/mol. The highest BCUT2D eigenvalue weighted by molar-refractivity contribution is 9.10. The number of hydrogen-bond donors (Lipinski definition) is 1. The third-order valence-corrected chi connectivity index (χ3v) is 3.65. The Bertz CT molecular complexity index is 584. The number of aryl methyl sites for hydroxylation is 2. The van der Waals surface area contributed by atoms with Gasteiger partial charge in [-0.2, -0.15) is 0 Å². The van der Waals surface area contributed by atoms with E-state index in [1.54, 1.807) is 44.2 Å². The second-order valence-electron chi connectivity index (χ2n) is 4.57. The van der Waals surface area contributed by atoms with Gasteiger partial charge in [-0.05, 0) is 54.3 Å². The summed E-state index contributed by atoms with van der Waals surface area (Å²) < 4.78 is 14.4. The Balaban J connectivity index is 2.46. The van der Waals surface area contributed by atoms with Crippen molar-refractivity contribution in [2.75, 3.05) is 0 Å². The Morgan fingerprint density at radius 1 is 1.05 bits per heavy atom. The lowest BCUT2D eigenvalue weighted by molar-refractivity contribution is 0.220. The van der Waals surface area contributed by atoms with E-state index in [0.717, 1.165) is 4.47 Å². The highest BCUT2D eigenvalue weighted by Gasteiger charge is 2.14. The zero-order valence-corrected chi connectivity index (χ0v) is 12.9. The first-order valence-electron chi connectivity index (χ1n) is 5.79. The summed E-state index contributed by atoms with van der Waals surface area (Å²) in [6.07, 6.45) is -0.826. The van der Waals surface area contributed by atoms with Gasteiger partial charge in [-0.15, -0.1) is 0 Å². The first-order valence-corrected chi connectivity index (χ1v) is 6.96. The lowest BCUT2D eigenvalue weighted by Gasteiger charge is -2.14. The van der Waals surface area contributed by atoms with Crippen molar-refractivity contribution < 1.29 is 9.50 Å². The van der Waals surface area contributed by atoms with Gasteiger partial charge in [0.05, 0.1) is 0 Å². The van der Waals surface area contributed by atoms with Gasteiger partial charge in [0.15, 0.2) is 0 Å². The molecule has 1 unspecified atom stereocenters. The average Bonchev–Trinajstić information content (AvgIpc) is 2.33. The normalized spacial score (nSPS) is 12.5. The number of rotatable bonds is 2. The lowest BCUT2D eigenvalue weighted by atomic mass is 9.97. The second kappa shape index (κ2) is 5.61. The van der Waals surface area contributed by atoms with Gasteiger partial charge in [-0.25, -0.2) is 4.39 Å². The predicted octanol–water partition coefficient (Wildman–Crippen LogP) is 4.94. The van der Waals surface area contributed by atoms with Crippen molar-refractivity contribution >= 4 is 27.5 Å². The van der Waals surface area contributed by atoms with Crippen LogP contribution in [0.4, 0.5) is 4.39 Å². The van der Waals surface area contributed by atoms with E-state index >= 15 is 0 Å². The van der Waals surface area contributed by atoms with E-state index in [0.29, 0.717) is 27.3 Å². The molecule has 0 amide bonds. The molecular formula is C15H13BrClFO. The summed E-state index contributed by atoms with van der Waals surface area (Å²) in [6, 6.07) is 8.55. The molecule has 1 atom stereocenters. The van der Waals surface area contributed by atoms with E-state index in [1.165, 1.54) is 0 Å². The minimum Gasteiger partial charge on any atom is -0.384 e. The molecule has 2 aromatic carbocycles.